The normalized spacial score (nSPS) is 13.2. The maximum absolute atomic E-state index is 13.4. The monoisotopic (exact) mass is 497 g/mol. The first-order valence-electron chi connectivity index (χ1n) is 10.5. The Bertz CT molecular complexity index is 1080. The molecule has 1 N–H and O–H groups in total. The summed E-state index contributed by atoms with van der Waals surface area (Å²) in [4.78, 5) is 27.5. The summed E-state index contributed by atoms with van der Waals surface area (Å²) in [6, 6.07) is 10.7. The van der Waals surface area contributed by atoms with Gasteiger partial charge in [0.1, 0.15) is 18.4 Å². The number of hydrogen-bond acceptors (Lipinski definition) is 4. The molecule has 0 aliphatic carbocycles. The van der Waals surface area contributed by atoms with Gasteiger partial charge in [-0.25, -0.2) is 12.8 Å². The van der Waals surface area contributed by atoms with E-state index >= 15 is 0 Å². The van der Waals surface area contributed by atoms with Gasteiger partial charge in [0.15, 0.2) is 0 Å². The Morgan fingerprint density at radius 1 is 1.12 bits per heavy atom. The van der Waals surface area contributed by atoms with Crippen LogP contribution in [-0.4, -0.2) is 50.0 Å². The van der Waals surface area contributed by atoms with Crippen molar-refractivity contribution in [3.05, 3.63) is 64.9 Å². The van der Waals surface area contributed by atoms with Crippen LogP contribution in [0.4, 0.5) is 10.1 Å². The molecule has 2 atom stereocenters. The molecule has 0 aliphatic rings. The van der Waals surface area contributed by atoms with Crippen molar-refractivity contribution < 1.29 is 22.4 Å². The van der Waals surface area contributed by atoms with E-state index in [0.29, 0.717) is 17.0 Å². The van der Waals surface area contributed by atoms with E-state index in [-0.39, 0.29) is 24.2 Å². The molecule has 2 rings (SSSR count). The number of halogens is 2. The Morgan fingerprint density at radius 3 is 2.30 bits per heavy atom. The van der Waals surface area contributed by atoms with Gasteiger partial charge in [0.05, 0.1) is 11.9 Å². The van der Waals surface area contributed by atoms with Gasteiger partial charge < -0.3 is 10.2 Å². The van der Waals surface area contributed by atoms with Gasteiger partial charge in [-0.2, -0.15) is 0 Å². The largest absolute Gasteiger partial charge is 0.352 e. The molecule has 0 bridgehead atoms. The summed E-state index contributed by atoms with van der Waals surface area (Å²) < 4.78 is 39.1. The lowest BCUT2D eigenvalue weighted by Crippen LogP contribution is -2.52. The van der Waals surface area contributed by atoms with Gasteiger partial charge in [-0.1, -0.05) is 30.7 Å². The molecule has 0 saturated carbocycles. The molecule has 7 nitrogen and oxygen atoms in total. The Morgan fingerprint density at radius 2 is 1.76 bits per heavy atom. The molecule has 0 unspecified atom stereocenters. The number of benzene rings is 2. The van der Waals surface area contributed by atoms with Crippen LogP contribution < -0.4 is 9.62 Å². The lowest BCUT2D eigenvalue weighted by molar-refractivity contribution is -0.139. The molecular formula is C23H29ClFN3O4S. The highest BCUT2D eigenvalue weighted by Crippen LogP contribution is 2.20. The van der Waals surface area contributed by atoms with Gasteiger partial charge >= 0.3 is 0 Å². The van der Waals surface area contributed by atoms with Gasteiger partial charge in [-0.05, 0) is 62.2 Å². The lowest BCUT2D eigenvalue weighted by Gasteiger charge is -2.32. The van der Waals surface area contributed by atoms with E-state index < -0.39 is 34.3 Å². The highest BCUT2D eigenvalue weighted by Gasteiger charge is 2.30. The van der Waals surface area contributed by atoms with E-state index in [9.17, 15) is 22.4 Å². The molecule has 2 aromatic rings. The molecular weight excluding hydrogens is 469 g/mol. The number of carbonyl (C=O) groups excluding carboxylic acids is 2. The van der Waals surface area contributed by atoms with Crippen molar-refractivity contribution >= 4 is 39.1 Å². The van der Waals surface area contributed by atoms with E-state index in [4.69, 9.17) is 11.6 Å². The molecule has 180 valence electrons. The Balaban J connectivity index is 2.37. The number of carbonyl (C=O) groups is 2. The molecule has 10 heteroatoms. The topological polar surface area (TPSA) is 86.8 Å². The van der Waals surface area contributed by atoms with Crippen LogP contribution in [0.15, 0.2) is 48.5 Å². The third-order valence-corrected chi connectivity index (χ3v) is 6.58. The second-order valence-electron chi connectivity index (χ2n) is 7.89. The molecule has 0 saturated heterocycles. The Hall–Kier alpha value is -2.65. The van der Waals surface area contributed by atoms with Crippen LogP contribution in [0.3, 0.4) is 0 Å². The average molecular weight is 498 g/mol. The predicted octanol–water partition coefficient (Wildman–Crippen LogP) is 3.58. The van der Waals surface area contributed by atoms with E-state index in [0.717, 1.165) is 22.7 Å². The summed E-state index contributed by atoms with van der Waals surface area (Å²) in [5, 5.41) is 3.32. The van der Waals surface area contributed by atoms with Gasteiger partial charge in [0.2, 0.25) is 21.8 Å². The molecule has 2 amide bonds. The van der Waals surface area contributed by atoms with E-state index in [1.165, 1.54) is 17.0 Å². The van der Waals surface area contributed by atoms with Gasteiger partial charge in [-0.15, -0.1) is 0 Å². The van der Waals surface area contributed by atoms with Crippen LogP contribution in [0, 0.1) is 5.82 Å². The summed E-state index contributed by atoms with van der Waals surface area (Å²) in [5.74, 6) is -1.47. The first kappa shape index (κ1) is 26.6. The van der Waals surface area contributed by atoms with E-state index in [1.54, 1.807) is 31.2 Å². The van der Waals surface area contributed by atoms with E-state index in [2.05, 4.69) is 5.32 Å². The number of amides is 2. The van der Waals surface area contributed by atoms with Crippen molar-refractivity contribution in [1.29, 1.82) is 0 Å². The predicted molar refractivity (Wildman–Crippen MR) is 128 cm³/mol. The minimum atomic E-state index is -3.87. The lowest BCUT2D eigenvalue weighted by atomic mass is 10.1. The summed E-state index contributed by atoms with van der Waals surface area (Å²) in [6.45, 7) is 4.87. The zero-order chi connectivity index (χ0) is 24.8. The highest BCUT2D eigenvalue weighted by molar-refractivity contribution is 7.92. The maximum Gasteiger partial charge on any atom is 0.244 e. The van der Waals surface area contributed by atoms with Crippen LogP contribution >= 0.6 is 11.6 Å². The van der Waals surface area contributed by atoms with Gasteiger partial charge in [-0.3, -0.25) is 13.9 Å². The molecule has 33 heavy (non-hydrogen) atoms. The van der Waals surface area contributed by atoms with Crippen LogP contribution in [0.1, 0.15) is 32.8 Å². The number of anilines is 1. The maximum atomic E-state index is 13.4. The van der Waals surface area contributed by atoms with E-state index in [1.807, 2.05) is 13.8 Å². The fraction of sp³-hybridized carbons (Fsp3) is 0.391. The second kappa shape index (κ2) is 11.5. The fourth-order valence-electron chi connectivity index (χ4n) is 3.10. The Kier molecular flexibility index (Phi) is 9.25. The van der Waals surface area contributed by atoms with Gasteiger partial charge in [0, 0.05) is 17.6 Å². The van der Waals surface area contributed by atoms with Crippen LogP contribution in [0.2, 0.25) is 5.02 Å². The zero-order valence-electron chi connectivity index (χ0n) is 19.1. The van der Waals surface area contributed by atoms with Crippen LogP contribution in [0.25, 0.3) is 0 Å². The quantitative estimate of drug-likeness (QED) is 0.543. The first-order chi connectivity index (χ1) is 15.4. The summed E-state index contributed by atoms with van der Waals surface area (Å²) >= 11 is 6.07. The van der Waals surface area contributed by atoms with Crippen molar-refractivity contribution in [2.75, 3.05) is 17.1 Å². The third-order valence-electron chi connectivity index (χ3n) is 5.20. The number of nitrogens with one attached hydrogen (secondary N) is 1. The number of nitrogens with zero attached hydrogens (tertiary/aromatic N) is 2. The van der Waals surface area contributed by atoms with Crippen molar-refractivity contribution in [2.24, 2.45) is 0 Å². The number of hydrogen-bond donors (Lipinski definition) is 1. The van der Waals surface area contributed by atoms with Crippen LogP contribution in [0.5, 0.6) is 0 Å². The minimum absolute atomic E-state index is 0.0511. The minimum Gasteiger partial charge on any atom is -0.352 e. The summed E-state index contributed by atoms with van der Waals surface area (Å²) in [5.41, 5.74) is 0.832. The van der Waals surface area contributed by atoms with Gasteiger partial charge in [0.25, 0.3) is 0 Å². The van der Waals surface area contributed by atoms with Crippen molar-refractivity contribution in [2.45, 2.75) is 45.8 Å². The third kappa shape index (κ3) is 7.71. The standard InChI is InChI=1S/C23H29ClFN3O4S/c1-5-16(2)26-23(30)17(3)27(14-18-7-6-8-19(24)13-18)22(29)15-28(33(4,31)32)21-11-9-20(25)10-12-21/h6-13,16-17H,5,14-15H2,1-4H3,(H,26,30)/t16-,17-/m1/s1. The SMILES string of the molecule is CC[C@@H](C)NC(=O)[C@@H](C)N(Cc1cccc(Cl)c1)C(=O)CN(c1ccc(F)cc1)S(C)(=O)=O. The first-order valence-corrected chi connectivity index (χ1v) is 12.7. The van der Waals surface area contributed by atoms with Crippen molar-refractivity contribution in [3.8, 4) is 0 Å². The number of rotatable bonds is 10. The molecule has 0 heterocycles. The molecule has 2 aromatic carbocycles. The summed E-state index contributed by atoms with van der Waals surface area (Å²) in [6.07, 6.45) is 1.68. The average Bonchev–Trinajstić information content (AvgIpc) is 2.75. The molecule has 0 aromatic heterocycles. The molecule has 0 radical (unpaired) electrons. The highest BCUT2D eigenvalue weighted by atomic mass is 35.5. The van der Waals surface area contributed by atoms with Crippen molar-refractivity contribution in [1.82, 2.24) is 10.2 Å². The fourth-order valence-corrected chi connectivity index (χ4v) is 4.16. The summed E-state index contributed by atoms with van der Waals surface area (Å²) in [7, 11) is -3.87. The Labute approximate surface area is 199 Å². The van der Waals surface area contributed by atoms with Crippen LogP contribution in [-0.2, 0) is 26.2 Å². The smallest absolute Gasteiger partial charge is 0.244 e. The molecule has 0 aliphatic heterocycles. The second-order valence-corrected chi connectivity index (χ2v) is 10.2. The number of sulfonamides is 1. The molecule has 0 spiro atoms. The van der Waals surface area contributed by atoms with Crippen molar-refractivity contribution in [3.63, 3.8) is 0 Å². The molecule has 0 fully saturated rings. The zero-order valence-corrected chi connectivity index (χ0v) is 20.7.